The first kappa shape index (κ1) is 17.4. The highest BCUT2D eigenvalue weighted by molar-refractivity contribution is 7.98. The second-order valence-corrected chi connectivity index (χ2v) is 5.96. The monoisotopic (exact) mass is 338 g/mol. The zero-order valence-corrected chi connectivity index (χ0v) is 13.7. The lowest BCUT2D eigenvalue weighted by atomic mass is 10.1. The number of aliphatic hydroxyl groups is 1. The van der Waals surface area contributed by atoms with Crippen molar-refractivity contribution in [1.82, 2.24) is 5.32 Å². The van der Waals surface area contributed by atoms with Gasteiger partial charge in [-0.15, -0.1) is 11.8 Å². The van der Waals surface area contributed by atoms with Gasteiger partial charge in [-0.3, -0.25) is 0 Å². The number of halogens is 1. The number of anilines is 1. The highest BCUT2D eigenvalue weighted by Crippen LogP contribution is 2.22. The Hall–Kier alpha value is -1.99. The molecule has 23 heavy (non-hydrogen) atoms. The van der Waals surface area contributed by atoms with Crippen LogP contribution in [0.1, 0.15) is 25.2 Å². The molecule has 124 valence electrons. The van der Waals surface area contributed by atoms with Crippen molar-refractivity contribution in [2.24, 2.45) is 0 Å². The molecule has 0 aliphatic heterocycles. The van der Waals surface area contributed by atoms with Gasteiger partial charge in [-0.05, 0) is 43.5 Å². The number of hydrogen-bond acceptors (Lipinski definition) is 4. The number of urea groups is 1. The Morgan fingerprint density at radius 2 is 2.22 bits per heavy atom. The standard InChI is InChI=1S/C16H19FN2O3S/c1-10(8-13(20)14-4-3-7-22-14)18-16(21)19-11-5-6-15(23-2)12(17)9-11/h3-7,9-10,13,20H,8H2,1-2H3,(H2,18,19,21)/t10-,13+/m1/s1. The maximum Gasteiger partial charge on any atom is 0.319 e. The largest absolute Gasteiger partial charge is 0.467 e. The van der Waals surface area contributed by atoms with Gasteiger partial charge in [-0.25, -0.2) is 9.18 Å². The predicted octanol–water partition coefficient (Wildman–Crippen LogP) is 3.77. The fourth-order valence-corrected chi connectivity index (χ4v) is 2.58. The average Bonchev–Trinajstić information content (AvgIpc) is 3.01. The first-order valence-electron chi connectivity index (χ1n) is 7.12. The molecular weight excluding hydrogens is 319 g/mol. The molecule has 3 N–H and O–H groups in total. The SMILES string of the molecule is CSc1ccc(NC(=O)N[C@H](C)C[C@H](O)c2ccco2)cc1F. The van der Waals surface area contributed by atoms with Gasteiger partial charge in [0.2, 0.25) is 0 Å². The zero-order valence-electron chi connectivity index (χ0n) is 12.9. The van der Waals surface area contributed by atoms with Gasteiger partial charge < -0.3 is 20.2 Å². The number of rotatable bonds is 6. The molecule has 1 aromatic heterocycles. The number of amides is 2. The molecule has 0 saturated heterocycles. The molecule has 1 aromatic carbocycles. The van der Waals surface area contributed by atoms with Crippen LogP contribution in [-0.4, -0.2) is 23.4 Å². The van der Waals surface area contributed by atoms with Crippen molar-refractivity contribution >= 4 is 23.5 Å². The van der Waals surface area contributed by atoms with Crippen LogP contribution in [0.5, 0.6) is 0 Å². The fourth-order valence-electron chi connectivity index (χ4n) is 2.13. The van der Waals surface area contributed by atoms with E-state index < -0.39 is 12.1 Å². The number of nitrogens with one attached hydrogen (secondary N) is 2. The average molecular weight is 338 g/mol. The summed E-state index contributed by atoms with van der Waals surface area (Å²) < 4.78 is 18.8. The molecule has 2 aromatic rings. The smallest absolute Gasteiger partial charge is 0.319 e. The van der Waals surface area contributed by atoms with Crippen molar-refractivity contribution in [3.63, 3.8) is 0 Å². The Morgan fingerprint density at radius 3 is 2.83 bits per heavy atom. The minimum absolute atomic E-state index is 0.287. The molecule has 0 saturated carbocycles. The van der Waals surface area contributed by atoms with E-state index in [0.717, 1.165) is 0 Å². The van der Waals surface area contributed by atoms with Crippen LogP contribution in [0.2, 0.25) is 0 Å². The molecule has 5 nitrogen and oxygen atoms in total. The van der Waals surface area contributed by atoms with Gasteiger partial charge in [0, 0.05) is 23.0 Å². The van der Waals surface area contributed by atoms with E-state index in [0.29, 0.717) is 22.8 Å². The summed E-state index contributed by atoms with van der Waals surface area (Å²) in [5.74, 6) is 0.0744. The van der Waals surface area contributed by atoms with E-state index >= 15 is 0 Å². The molecule has 0 unspecified atom stereocenters. The summed E-state index contributed by atoms with van der Waals surface area (Å²) in [6.07, 6.45) is 2.78. The van der Waals surface area contributed by atoms with Crippen molar-refractivity contribution in [3.05, 3.63) is 48.2 Å². The van der Waals surface area contributed by atoms with Crippen molar-refractivity contribution in [2.75, 3.05) is 11.6 Å². The summed E-state index contributed by atoms with van der Waals surface area (Å²) in [7, 11) is 0. The number of carbonyl (C=O) groups excluding carboxylic acids is 1. The van der Waals surface area contributed by atoms with Gasteiger partial charge in [0.25, 0.3) is 0 Å². The van der Waals surface area contributed by atoms with E-state index in [1.54, 1.807) is 37.4 Å². The number of hydrogen-bond donors (Lipinski definition) is 3. The third kappa shape index (κ3) is 5.01. The Kier molecular flexibility index (Phi) is 6.06. The van der Waals surface area contributed by atoms with Gasteiger partial charge in [0.1, 0.15) is 17.7 Å². The summed E-state index contributed by atoms with van der Waals surface area (Å²) in [6.45, 7) is 1.77. The number of carbonyl (C=O) groups is 1. The van der Waals surface area contributed by atoms with E-state index in [1.807, 2.05) is 0 Å². The van der Waals surface area contributed by atoms with Crippen LogP contribution in [0.4, 0.5) is 14.9 Å². The van der Waals surface area contributed by atoms with Crippen LogP contribution in [0.15, 0.2) is 45.9 Å². The first-order valence-corrected chi connectivity index (χ1v) is 8.34. The number of aliphatic hydroxyl groups excluding tert-OH is 1. The lowest BCUT2D eigenvalue weighted by Gasteiger charge is -2.17. The molecule has 0 radical (unpaired) electrons. The van der Waals surface area contributed by atoms with Crippen LogP contribution in [-0.2, 0) is 0 Å². The first-order chi connectivity index (χ1) is 11.0. The van der Waals surface area contributed by atoms with E-state index in [-0.39, 0.29) is 11.9 Å². The van der Waals surface area contributed by atoms with Crippen molar-refractivity contribution in [1.29, 1.82) is 0 Å². The predicted molar refractivity (Wildman–Crippen MR) is 88.1 cm³/mol. The second kappa shape index (κ2) is 8.03. The Labute approximate surface area is 138 Å². The fraction of sp³-hybridized carbons (Fsp3) is 0.312. The molecule has 0 fully saturated rings. The molecule has 0 bridgehead atoms. The molecule has 0 aliphatic carbocycles. The van der Waals surface area contributed by atoms with Gasteiger partial charge in [-0.2, -0.15) is 0 Å². The molecule has 1 heterocycles. The van der Waals surface area contributed by atoms with Crippen LogP contribution >= 0.6 is 11.8 Å². The quantitative estimate of drug-likeness (QED) is 0.701. The highest BCUT2D eigenvalue weighted by atomic mass is 32.2. The number of benzene rings is 1. The van der Waals surface area contributed by atoms with E-state index in [4.69, 9.17) is 4.42 Å². The minimum Gasteiger partial charge on any atom is -0.467 e. The van der Waals surface area contributed by atoms with Crippen molar-refractivity contribution in [2.45, 2.75) is 30.4 Å². The molecule has 0 spiro atoms. The maximum absolute atomic E-state index is 13.7. The third-order valence-corrected chi connectivity index (χ3v) is 4.01. The summed E-state index contributed by atoms with van der Waals surface area (Å²) in [4.78, 5) is 12.4. The van der Waals surface area contributed by atoms with Crippen LogP contribution < -0.4 is 10.6 Å². The zero-order chi connectivity index (χ0) is 16.8. The highest BCUT2D eigenvalue weighted by Gasteiger charge is 2.16. The minimum atomic E-state index is -0.793. The number of furan rings is 1. The van der Waals surface area contributed by atoms with Crippen molar-refractivity contribution in [3.8, 4) is 0 Å². The molecule has 2 amide bonds. The van der Waals surface area contributed by atoms with E-state index in [1.165, 1.54) is 24.1 Å². The lowest BCUT2D eigenvalue weighted by molar-refractivity contribution is 0.130. The molecule has 0 aliphatic rings. The Balaban J connectivity index is 1.85. The normalized spacial score (nSPS) is 13.4. The summed E-state index contributed by atoms with van der Waals surface area (Å²) >= 11 is 1.30. The van der Waals surface area contributed by atoms with E-state index in [2.05, 4.69) is 10.6 Å². The van der Waals surface area contributed by atoms with E-state index in [9.17, 15) is 14.3 Å². The van der Waals surface area contributed by atoms with Crippen LogP contribution in [0.25, 0.3) is 0 Å². The number of thioether (sulfide) groups is 1. The van der Waals surface area contributed by atoms with Gasteiger partial charge >= 0.3 is 6.03 Å². The molecule has 2 atom stereocenters. The topological polar surface area (TPSA) is 74.5 Å². The summed E-state index contributed by atoms with van der Waals surface area (Å²) in [6, 6.07) is 7.14. The Morgan fingerprint density at radius 1 is 1.43 bits per heavy atom. The summed E-state index contributed by atoms with van der Waals surface area (Å²) in [5.41, 5.74) is 0.372. The van der Waals surface area contributed by atoms with Crippen LogP contribution in [0, 0.1) is 5.82 Å². The lowest BCUT2D eigenvalue weighted by Crippen LogP contribution is -2.37. The third-order valence-electron chi connectivity index (χ3n) is 3.24. The maximum atomic E-state index is 13.7. The summed E-state index contributed by atoms with van der Waals surface area (Å²) in [5, 5.41) is 15.2. The van der Waals surface area contributed by atoms with Gasteiger partial charge in [0.15, 0.2) is 0 Å². The molecule has 7 heteroatoms. The molecular formula is C16H19FN2O3S. The second-order valence-electron chi connectivity index (χ2n) is 5.12. The van der Waals surface area contributed by atoms with Gasteiger partial charge in [0.05, 0.1) is 6.26 Å². The Bertz CT molecular complexity index is 649. The van der Waals surface area contributed by atoms with Crippen molar-refractivity contribution < 1.29 is 18.7 Å². The van der Waals surface area contributed by atoms with Gasteiger partial charge in [-0.1, -0.05) is 0 Å². The van der Waals surface area contributed by atoms with Crippen LogP contribution in [0.3, 0.4) is 0 Å². The molecule has 2 rings (SSSR count).